The summed E-state index contributed by atoms with van der Waals surface area (Å²) in [6, 6.07) is 8.31. The number of nitrogens with one attached hydrogen (secondary N) is 2. The predicted molar refractivity (Wildman–Crippen MR) is 137 cm³/mol. The van der Waals surface area contributed by atoms with Crippen LogP contribution in [0.4, 0.5) is 14.6 Å². The van der Waals surface area contributed by atoms with Crippen LogP contribution < -0.4 is 14.8 Å². The summed E-state index contributed by atoms with van der Waals surface area (Å²) in [5, 5.41) is 4.73. The van der Waals surface area contributed by atoms with Crippen LogP contribution >= 0.6 is 35.3 Å². The Labute approximate surface area is 217 Å². The lowest BCUT2D eigenvalue weighted by Gasteiger charge is -2.33. The van der Waals surface area contributed by atoms with Gasteiger partial charge in [0, 0.05) is 23.4 Å². The van der Waals surface area contributed by atoms with Gasteiger partial charge in [-0.3, -0.25) is 4.72 Å². The fourth-order valence-corrected chi connectivity index (χ4v) is 5.90. The molecular formula is C23H23Cl2F2N3O3S2. The summed E-state index contributed by atoms with van der Waals surface area (Å²) >= 11 is 7.48. The summed E-state index contributed by atoms with van der Waals surface area (Å²) in [4.78, 5) is 3.24. The smallest absolute Gasteiger partial charge is 0.266 e. The molecule has 1 heterocycles. The lowest BCUT2D eigenvalue weighted by molar-refractivity contribution is 0.239. The average molecular weight is 562 g/mol. The molecule has 6 nitrogen and oxygen atoms in total. The van der Waals surface area contributed by atoms with Crippen LogP contribution in [0, 0.1) is 17.6 Å². The topological polar surface area (TPSA) is 80.3 Å². The van der Waals surface area contributed by atoms with Crippen molar-refractivity contribution in [2.45, 2.75) is 23.8 Å². The zero-order valence-corrected chi connectivity index (χ0v) is 21.7. The summed E-state index contributed by atoms with van der Waals surface area (Å²) in [5.74, 6) is -1.30. The van der Waals surface area contributed by atoms with Crippen molar-refractivity contribution in [1.82, 2.24) is 10.3 Å². The van der Waals surface area contributed by atoms with E-state index >= 15 is 0 Å². The molecule has 1 aliphatic carbocycles. The van der Waals surface area contributed by atoms with Crippen molar-refractivity contribution in [3.63, 3.8) is 0 Å². The quantitative estimate of drug-likeness (QED) is 0.365. The molecule has 1 aliphatic rings. The maximum absolute atomic E-state index is 14.8. The van der Waals surface area contributed by atoms with Crippen molar-refractivity contribution in [2.24, 2.45) is 5.92 Å². The van der Waals surface area contributed by atoms with Crippen molar-refractivity contribution in [3.05, 3.63) is 75.6 Å². The predicted octanol–water partition coefficient (Wildman–Crippen LogP) is 5.76. The third kappa shape index (κ3) is 6.31. The lowest BCUT2D eigenvalue weighted by Crippen LogP contribution is -2.39. The van der Waals surface area contributed by atoms with E-state index in [1.807, 2.05) is 7.05 Å². The van der Waals surface area contributed by atoms with E-state index < -0.39 is 20.7 Å². The monoisotopic (exact) mass is 561 g/mol. The first-order valence-corrected chi connectivity index (χ1v) is 13.2. The van der Waals surface area contributed by atoms with Crippen molar-refractivity contribution in [2.75, 3.05) is 18.4 Å². The molecule has 0 saturated carbocycles. The van der Waals surface area contributed by atoms with Gasteiger partial charge in [-0.05, 0) is 49.2 Å². The number of nitrogens with zero attached hydrogens (tertiary/aromatic N) is 1. The van der Waals surface area contributed by atoms with Crippen LogP contribution in [0.3, 0.4) is 0 Å². The van der Waals surface area contributed by atoms with E-state index in [9.17, 15) is 17.2 Å². The standard InChI is InChI=1S/C23H22ClF2N3O3S2.ClH/c1-27-20-4-2-3-16(14-5-7-15(25)8-6-14)17(20)11-32-21-10-19(26)22(9-18(21)24)34(30,31)29-23-12-33-13-28-23;/h3,5-10,12-13,17,20,27,29H,2,4,11H2,1H3;1H/t17-,20-;/m1./s1. The highest BCUT2D eigenvalue weighted by atomic mass is 35.5. The van der Waals surface area contributed by atoms with Gasteiger partial charge >= 0.3 is 0 Å². The van der Waals surface area contributed by atoms with Gasteiger partial charge in [-0.25, -0.2) is 22.2 Å². The average Bonchev–Trinajstić information content (AvgIpc) is 3.32. The number of sulfonamides is 1. The molecule has 3 aromatic rings. The van der Waals surface area contributed by atoms with E-state index in [0.29, 0.717) is 0 Å². The Morgan fingerprint density at radius 2 is 1.97 bits per heavy atom. The molecule has 4 rings (SSSR count). The number of halogens is 4. The minimum Gasteiger partial charge on any atom is -0.491 e. The number of hydrogen-bond donors (Lipinski definition) is 2. The van der Waals surface area contributed by atoms with Gasteiger partial charge in [-0.15, -0.1) is 23.7 Å². The van der Waals surface area contributed by atoms with Crippen LogP contribution in [-0.4, -0.2) is 33.1 Å². The molecule has 0 spiro atoms. The second kappa shape index (κ2) is 11.7. The molecule has 0 amide bonds. The molecule has 2 atom stereocenters. The van der Waals surface area contributed by atoms with Gasteiger partial charge in [0.25, 0.3) is 10.0 Å². The Bertz CT molecular complexity index is 1290. The minimum absolute atomic E-state index is 0. The number of benzene rings is 2. The van der Waals surface area contributed by atoms with Crippen LogP contribution in [0.5, 0.6) is 5.75 Å². The molecule has 0 bridgehead atoms. The first-order chi connectivity index (χ1) is 16.3. The SMILES string of the molecule is CN[C@@H]1CCC=C(c2ccc(F)cc2)[C@H]1COc1cc(F)c(S(=O)(=O)Nc2cscn2)cc1Cl.Cl. The maximum Gasteiger partial charge on any atom is 0.266 e. The summed E-state index contributed by atoms with van der Waals surface area (Å²) < 4.78 is 61.5. The zero-order chi connectivity index (χ0) is 24.3. The molecule has 2 aromatic carbocycles. The molecule has 35 heavy (non-hydrogen) atoms. The highest BCUT2D eigenvalue weighted by Gasteiger charge is 2.29. The van der Waals surface area contributed by atoms with Crippen molar-refractivity contribution in [3.8, 4) is 5.75 Å². The fraction of sp³-hybridized carbons (Fsp3) is 0.261. The molecule has 0 unspecified atom stereocenters. The molecule has 0 fully saturated rings. The van der Waals surface area contributed by atoms with Gasteiger partial charge in [0.15, 0.2) is 5.82 Å². The summed E-state index contributed by atoms with van der Waals surface area (Å²) in [6.45, 7) is 0.164. The number of thiazole rings is 1. The number of aromatic nitrogens is 1. The molecule has 188 valence electrons. The van der Waals surface area contributed by atoms with E-state index in [1.165, 1.54) is 34.4 Å². The number of allylic oxidation sites excluding steroid dienone is 1. The van der Waals surface area contributed by atoms with Gasteiger partial charge in [0.05, 0.1) is 17.1 Å². The van der Waals surface area contributed by atoms with Gasteiger partial charge in [-0.1, -0.05) is 29.8 Å². The van der Waals surface area contributed by atoms with Gasteiger partial charge in [0.1, 0.15) is 22.3 Å². The highest BCUT2D eigenvalue weighted by molar-refractivity contribution is 7.92. The summed E-state index contributed by atoms with van der Waals surface area (Å²) in [6.07, 6.45) is 3.82. The van der Waals surface area contributed by atoms with Crippen molar-refractivity contribution >= 4 is 56.8 Å². The minimum atomic E-state index is -4.22. The first-order valence-electron chi connectivity index (χ1n) is 10.4. The van der Waals surface area contributed by atoms with Crippen molar-refractivity contribution in [1.29, 1.82) is 0 Å². The Morgan fingerprint density at radius 1 is 1.23 bits per heavy atom. The molecule has 0 aliphatic heterocycles. The number of rotatable bonds is 8. The Kier molecular flexibility index (Phi) is 9.11. The van der Waals surface area contributed by atoms with Crippen LogP contribution in [-0.2, 0) is 10.0 Å². The van der Waals surface area contributed by atoms with E-state index in [-0.39, 0.29) is 53.4 Å². The van der Waals surface area contributed by atoms with Crippen LogP contribution in [0.15, 0.2) is 58.3 Å². The normalized spacial score (nSPS) is 17.9. The highest BCUT2D eigenvalue weighted by Crippen LogP contribution is 2.36. The van der Waals surface area contributed by atoms with E-state index in [2.05, 4.69) is 21.1 Å². The van der Waals surface area contributed by atoms with Crippen LogP contribution in [0.2, 0.25) is 5.02 Å². The maximum atomic E-state index is 14.8. The largest absolute Gasteiger partial charge is 0.491 e. The first kappa shape index (κ1) is 27.3. The molecule has 0 saturated heterocycles. The molecule has 12 heteroatoms. The molecule has 1 aromatic heterocycles. The summed E-state index contributed by atoms with van der Waals surface area (Å²) in [7, 11) is -2.37. The van der Waals surface area contributed by atoms with Gasteiger partial charge < -0.3 is 10.1 Å². The molecule has 2 N–H and O–H groups in total. The lowest BCUT2D eigenvalue weighted by atomic mass is 9.80. The molecular weight excluding hydrogens is 539 g/mol. The second-order valence-electron chi connectivity index (χ2n) is 7.75. The van der Waals surface area contributed by atoms with Crippen LogP contribution in [0.1, 0.15) is 18.4 Å². The Balaban J connectivity index is 0.00000342. The van der Waals surface area contributed by atoms with Gasteiger partial charge in [0.2, 0.25) is 0 Å². The fourth-order valence-electron chi connectivity index (χ4n) is 3.98. The number of anilines is 1. The van der Waals surface area contributed by atoms with Gasteiger partial charge in [-0.2, -0.15) is 0 Å². The number of ether oxygens (including phenoxy) is 1. The van der Waals surface area contributed by atoms with Crippen molar-refractivity contribution < 1.29 is 21.9 Å². The Morgan fingerprint density at radius 3 is 2.63 bits per heavy atom. The van der Waals surface area contributed by atoms with E-state index in [4.69, 9.17) is 16.3 Å². The number of hydrogen-bond acceptors (Lipinski definition) is 6. The third-order valence-electron chi connectivity index (χ3n) is 5.64. The second-order valence-corrected chi connectivity index (χ2v) is 10.5. The van der Waals surface area contributed by atoms with E-state index in [0.717, 1.165) is 36.1 Å². The zero-order valence-electron chi connectivity index (χ0n) is 18.5. The summed E-state index contributed by atoms with van der Waals surface area (Å²) in [5.41, 5.74) is 3.33. The van der Waals surface area contributed by atoms with E-state index in [1.54, 1.807) is 12.1 Å². The van der Waals surface area contributed by atoms with Crippen LogP contribution in [0.25, 0.3) is 5.57 Å². The molecule has 0 radical (unpaired) electrons. The third-order valence-corrected chi connectivity index (χ3v) is 7.89. The Hall–Kier alpha value is -2.24.